The molecule has 0 radical (unpaired) electrons. The molecule has 2 aliphatic rings. The van der Waals surface area contributed by atoms with E-state index < -0.39 is 0 Å². The number of rotatable bonds is 10. The van der Waals surface area contributed by atoms with Crippen LogP contribution in [0.4, 0.5) is 0 Å². The first-order chi connectivity index (χ1) is 18.8. The molecule has 0 N–H and O–H groups in total. The quantitative estimate of drug-likeness (QED) is 0.205. The Labute approximate surface area is 235 Å². The third kappa shape index (κ3) is 4.55. The molecule has 0 aromatic heterocycles. The molecule has 39 heavy (non-hydrogen) atoms. The Kier molecular flexibility index (Phi) is 6.55. The summed E-state index contributed by atoms with van der Waals surface area (Å²) in [5, 5.41) is 0. The molecule has 0 atom stereocenters. The zero-order chi connectivity index (χ0) is 27.1. The van der Waals surface area contributed by atoms with E-state index >= 15 is 0 Å². The first-order valence-corrected chi connectivity index (χ1v) is 14.7. The molecule has 2 aliphatic carbocycles. The van der Waals surface area contributed by atoms with Crippen molar-refractivity contribution in [1.29, 1.82) is 0 Å². The zero-order valence-corrected chi connectivity index (χ0v) is 23.9. The summed E-state index contributed by atoms with van der Waals surface area (Å²) in [5.41, 5.74) is 5.06. The maximum absolute atomic E-state index is 7.53. The summed E-state index contributed by atoms with van der Waals surface area (Å²) in [5.74, 6) is 0.611. The number of ether oxygens (including phenoxy) is 1. The highest BCUT2D eigenvalue weighted by molar-refractivity contribution is 5.41. The molecule has 0 heterocycles. The summed E-state index contributed by atoms with van der Waals surface area (Å²) < 4.78 is 7.53. The van der Waals surface area contributed by atoms with Crippen LogP contribution in [0.5, 0.6) is 0 Å². The molecule has 4 aromatic rings. The molecule has 0 aliphatic heterocycles. The minimum atomic E-state index is -0.305. The van der Waals surface area contributed by atoms with Crippen molar-refractivity contribution in [1.82, 2.24) is 0 Å². The van der Waals surface area contributed by atoms with Gasteiger partial charge in [0.1, 0.15) is 0 Å². The van der Waals surface area contributed by atoms with Crippen molar-refractivity contribution in [3.63, 3.8) is 0 Å². The largest absolute Gasteiger partial charge is 0.368 e. The smallest absolute Gasteiger partial charge is 0.0699 e. The maximum Gasteiger partial charge on any atom is 0.0699 e. The van der Waals surface area contributed by atoms with Crippen LogP contribution >= 0.6 is 0 Å². The molecule has 0 saturated heterocycles. The van der Waals surface area contributed by atoms with E-state index in [2.05, 4.69) is 149 Å². The lowest BCUT2D eigenvalue weighted by atomic mass is 9.67. The van der Waals surface area contributed by atoms with Crippen molar-refractivity contribution >= 4 is 0 Å². The summed E-state index contributed by atoms with van der Waals surface area (Å²) in [6.45, 7) is 9.49. The molecule has 0 unspecified atom stereocenters. The fraction of sp³-hybridized carbons (Fsp3) is 0.368. The summed E-state index contributed by atoms with van der Waals surface area (Å²) in [7, 11) is 0. The first-order valence-electron chi connectivity index (χ1n) is 14.7. The fourth-order valence-electron chi connectivity index (χ4n) is 7.83. The van der Waals surface area contributed by atoms with Crippen molar-refractivity contribution in [2.45, 2.75) is 76.4 Å². The van der Waals surface area contributed by atoms with Crippen LogP contribution in [0.3, 0.4) is 0 Å². The van der Waals surface area contributed by atoms with Gasteiger partial charge in [0.05, 0.1) is 11.2 Å². The van der Waals surface area contributed by atoms with Crippen LogP contribution < -0.4 is 0 Å². The van der Waals surface area contributed by atoms with E-state index in [9.17, 15) is 0 Å². The molecule has 0 spiro atoms. The van der Waals surface area contributed by atoms with Crippen molar-refractivity contribution in [3.8, 4) is 0 Å². The van der Waals surface area contributed by atoms with E-state index in [1.807, 2.05) is 0 Å². The van der Waals surface area contributed by atoms with Gasteiger partial charge in [-0.25, -0.2) is 0 Å². The molecule has 4 aromatic carbocycles. The molecule has 0 bridgehead atoms. The fourth-order valence-corrected chi connectivity index (χ4v) is 7.83. The van der Waals surface area contributed by atoms with E-state index in [4.69, 9.17) is 4.74 Å². The van der Waals surface area contributed by atoms with E-state index in [1.54, 1.807) is 0 Å². The van der Waals surface area contributed by atoms with Crippen LogP contribution in [-0.2, 0) is 4.74 Å². The lowest BCUT2D eigenvalue weighted by Gasteiger charge is -2.50. The molecule has 2 saturated carbocycles. The van der Waals surface area contributed by atoms with Gasteiger partial charge in [-0.15, -0.1) is 0 Å². The predicted octanol–water partition coefficient (Wildman–Crippen LogP) is 9.78. The van der Waals surface area contributed by atoms with Crippen LogP contribution in [0.1, 0.15) is 87.5 Å². The molecule has 1 heteroatoms. The van der Waals surface area contributed by atoms with Crippen LogP contribution in [0.2, 0.25) is 0 Å². The maximum atomic E-state index is 7.53. The summed E-state index contributed by atoms with van der Waals surface area (Å²) in [4.78, 5) is 0. The van der Waals surface area contributed by atoms with Gasteiger partial charge >= 0.3 is 0 Å². The highest BCUT2D eigenvalue weighted by Gasteiger charge is 2.66. The Hall–Kier alpha value is -3.16. The second kappa shape index (κ2) is 9.79. The van der Waals surface area contributed by atoms with Gasteiger partial charge in [0.2, 0.25) is 0 Å². The molecular formula is C38H42O. The SMILES string of the molecule is CC(C)(OC(C)(C)C1(C(c2ccccc2)c2ccccc2)CC1)C1(C(c2ccccc2)c2ccccc2)CC1. The molecule has 0 amide bonds. The second-order valence-corrected chi connectivity index (χ2v) is 12.9. The van der Waals surface area contributed by atoms with Crippen LogP contribution in [0.25, 0.3) is 0 Å². The van der Waals surface area contributed by atoms with Gasteiger partial charge < -0.3 is 4.74 Å². The normalized spacial score (nSPS) is 17.8. The molecule has 200 valence electrons. The van der Waals surface area contributed by atoms with Crippen LogP contribution in [0, 0.1) is 10.8 Å². The van der Waals surface area contributed by atoms with Crippen molar-refractivity contribution in [3.05, 3.63) is 144 Å². The van der Waals surface area contributed by atoms with Gasteiger partial charge in [0, 0.05) is 22.7 Å². The van der Waals surface area contributed by atoms with Gasteiger partial charge in [0.25, 0.3) is 0 Å². The average molecular weight is 515 g/mol. The van der Waals surface area contributed by atoms with Crippen LogP contribution in [-0.4, -0.2) is 11.2 Å². The zero-order valence-electron chi connectivity index (χ0n) is 23.9. The molecular weight excluding hydrogens is 472 g/mol. The standard InChI is InChI=1S/C38H42O/c1-35(2,37(25-26-37)33(29-17-9-5-10-18-29)30-19-11-6-12-20-30)39-36(3,4)38(27-28-38)34(31-21-13-7-14-22-31)32-23-15-8-16-24-32/h5-24,33-34H,25-28H2,1-4H3. The highest BCUT2D eigenvalue weighted by Crippen LogP contribution is 2.70. The minimum Gasteiger partial charge on any atom is -0.368 e. The topological polar surface area (TPSA) is 9.23 Å². The summed E-state index contributed by atoms with van der Waals surface area (Å²) in [6, 6.07) is 44.4. The Morgan fingerprint density at radius 3 is 0.872 bits per heavy atom. The lowest BCUT2D eigenvalue weighted by Crippen LogP contribution is -2.51. The second-order valence-electron chi connectivity index (χ2n) is 12.9. The number of hydrogen-bond acceptors (Lipinski definition) is 1. The van der Waals surface area contributed by atoms with E-state index in [1.165, 1.54) is 47.9 Å². The molecule has 1 nitrogen and oxygen atoms in total. The number of hydrogen-bond donors (Lipinski definition) is 0. The Morgan fingerprint density at radius 2 is 0.667 bits per heavy atom. The highest BCUT2D eigenvalue weighted by atomic mass is 16.5. The summed E-state index contributed by atoms with van der Waals surface area (Å²) in [6.07, 6.45) is 4.72. The Bertz CT molecular complexity index is 1180. The van der Waals surface area contributed by atoms with Gasteiger partial charge in [-0.3, -0.25) is 0 Å². The van der Waals surface area contributed by atoms with Crippen LogP contribution in [0.15, 0.2) is 121 Å². The minimum absolute atomic E-state index is 0.0536. The third-order valence-electron chi connectivity index (χ3n) is 10.1. The molecule has 6 rings (SSSR count). The summed E-state index contributed by atoms with van der Waals surface area (Å²) >= 11 is 0. The van der Waals surface area contributed by atoms with E-state index in [0.29, 0.717) is 11.8 Å². The Balaban J connectivity index is 1.38. The van der Waals surface area contributed by atoms with Gasteiger partial charge in [-0.2, -0.15) is 0 Å². The van der Waals surface area contributed by atoms with Crippen molar-refractivity contribution < 1.29 is 4.74 Å². The van der Waals surface area contributed by atoms with E-state index in [-0.39, 0.29) is 22.0 Å². The average Bonchev–Trinajstić information content (AvgIpc) is 3.87. The van der Waals surface area contributed by atoms with E-state index in [0.717, 1.165) is 0 Å². The van der Waals surface area contributed by atoms with Gasteiger partial charge in [-0.05, 0) is 75.6 Å². The third-order valence-corrected chi connectivity index (χ3v) is 10.1. The number of benzene rings is 4. The van der Waals surface area contributed by atoms with Crippen molar-refractivity contribution in [2.24, 2.45) is 10.8 Å². The van der Waals surface area contributed by atoms with Gasteiger partial charge in [0.15, 0.2) is 0 Å². The predicted molar refractivity (Wildman–Crippen MR) is 162 cm³/mol. The van der Waals surface area contributed by atoms with Crippen molar-refractivity contribution in [2.75, 3.05) is 0 Å². The van der Waals surface area contributed by atoms with Gasteiger partial charge in [-0.1, -0.05) is 121 Å². The Morgan fingerprint density at radius 1 is 0.436 bits per heavy atom. The monoisotopic (exact) mass is 514 g/mol. The molecule has 2 fully saturated rings. The first kappa shape index (κ1) is 26.1. The lowest BCUT2D eigenvalue weighted by molar-refractivity contribution is -0.191.